The predicted molar refractivity (Wildman–Crippen MR) is 46.6 cm³/mol. The van der Waals surface area contributed by atoms with Gasteiger partial charge in [0.15, 0.2) is 0 Å². The maximum atomic E-state index is 10.5. The number of nitrogens with zero attached hydrogens (tertiary/aromatic N) is 2. The summed E-state index contributed by atoms with van der Waals surface area (Å²) < 4.78 is 22.7. The molecular formula is C6H9ClN2O2S. The molecule has 0 radical (unpaired) electrons. The van der Waals surface area contributed by atoms with Crippen LogP contribution < -0.4 is 0 Å². The maximum Gasteiger partial charge on any atom is 0.232 e. The Morgan fingerprint density at radius 3 is 2.75 bits per heavy atom. The third kappa shape index (κ3) is 3.23. The van der Waals surface area contributed by atoms with Gasteiger partial charge in [-0.15, -0.1) is 0 Å². The maximum absolute atomic E-state index is 10.5. The molecule has 0 aliphatic heterocycles. The molecular weight excluding hydrogens is 200 g/mol. The Labute approximate surface area is 75.6 Å². The Morgan fingerprint density at radius 2 is 2.33 bits per heavy atom. The second-order valence-electron chi connectivity index (χ2n) is 2.47. The third-order valence-electron chi connectivity index (χ3n) is 1.37. The van der Waals surface area contributed by atoms with Crippen molar-refractivity contribution >= 4 is 19.7 Å². The van der Waals surface area contributed by atoms with Crippen LogP contribution in [0.1, 0.15) is 5.69 Å². The molecule has 1 heterocycles. The van der Waals surface area contributed by atoms with Gasteiger partial charge in [0.1, 0.15) is 0 Å². The monoisotopic (exact) mass is 208 g/mol. The van der Waals surface area contributed by atoms with Gasteiger partial charge in [-0.05, 0) is 6.07 Å². The van der Waals surface area contributed by atoms with Crippen LogP contribution >= 0.6 is 10.7 Å². The summed E-state index contributed by atoms with van der Waals surface area (Å²) in [4.78, 5) is 0. The Bertz CT molecular complexity index is 357. The summed E-state index contributed by atoms with van der Waals surface area (Å²) in [6.45, 7) is 0. The van der Waals surface area contributed by atoms with Crippen LogP contribution in [0, 0.1) is 0 Å². The van der Waals surface area contributed by atoms with Crippen molar-refractivity contribution in [1.82, 2.24) is 9.78 Å². The van der Waals surface area contributed by atoms with Crippen molar-refractivity contribution in [3.05, 3.63) is 18.0 Å². The van der Waals surface area contributed by atoms with Crippen LogP contribution in [0.25, 0.3) is 0 Å². The Morgan fingerprint density at radius 1 is 1.67 bits per heavy atom. The van der Waals surface area contributed by atoms with Gasteiger partial charge >= 0.3 is 0 Å². The SMILES string of the molecule is Cn1ccc(CCS(=O)(=O)Cl)n1. The zero-order chi connectivity index (χ0) is 9.19. The fourth-order valence-electron chi connectivity index (χ4n) is 0.823. The molecule has 0 unspecified atom stereocenters. The first-order valence-corrected chi connectivity index (χ1v) is 5.86. The van der Waals surface area contributed by atoms with E-state index in [1.54, 1.807) is 24.0 Å². The molecule has 1 rings (SSSR count). The van der Waals surface area contributed by atoms with Crippen LogP contribution in [-0.2, 0) is 22.5 Å². The van der Waals surface area contributed by atoms with Gasteiger partial charge in [-0.25, -0.2) is 8.42 Å². The molecule has 4 nitrogen and oxygen atoms in total. The molecule has 0 bridgehead atoms. The first kappa shape index (κ1) is 9.54. The van der Waals surface area contributed by atoms with Gasteiger partial charge in [0.25, 0.3) is 0 Å². The van der Waals surface area contributed by atoms with Crippen LogP contribution in [0.3, 0.4) is 0 Å². The van der Waals surface area contributed by atoms with E-state index < -0.39 is 9.05 Å². The number of halogens is 1. The summed E-state index contributed by atoms with van der Waals surface area (Å²) in [6, 6.07) is 1.77. The van der Waals surface area contributed by atoms with Crippen molar-refractivity contribution in [3.8, 4) is 0 Å². The first-order valence-electron chi connectivity index (χ1n) is 3.38. The lowest BCUT2D eigenvalue weighted by Crippen LogP contribution is -2.02. The molecule has 0 saturated carbocycles. The predicted octanol–water partition coefficient (Wildman–Crippen LogP) is 0.531. The third-order valence-corrected chi connectivity index (χ3v) is 2.53. The van der Waals surface area contributed by atoms with Crippen LogP contribution in [0.2, 0.25) is 0 Å². The average molecular weight is 209 g/mol. The molecule has 0 aromatic carbocycles. The van der Waals surface area contributed by atoms with Gasteiger partial charge in [-0.1, -0.05) is 0 Å². The minimum Gasteiger partial charge on any atom is -0.276 e. The molecule has 0 amide bonds. The molecule has 0 aliphatic rings. The fourth-order valence-corrected chi connectivity index (χ4v) is 1.51. The quantitative estimate of drug-likeness (QED) is 0.681. The van der Waals surface area contributed by atoms with Gasteiger partial charge in [0, 0.05) is 30.3 Å². The van der Waals surface area contributed by atoms with Gasteiger partial charge in [-0.3, -0.25) is 4.68 Å². The topological polar surface area (TPSA) is 52.0 Å². The normalized spacial score (nSPS) is 11.8. The minimum atomic E-state index is -3.39. The molecule has 6 heteroatoms. The Hall–Kier alpha value is -0.550. The fraction of sp³-hybridized carbons (Fsp3) is 0.500. The van der Waals surface area contributed by atoms with Gasteiger partial charge in [-0.2, -0.15) is 5.10 Å². The number of hydrogen-bond acceptors (Lipinski definition) is 3. The number of aryl methyl sites for hydroxylation is 2. The summed E-state index contributed by atoms with van der Waals surface area (Å²) in [5.74, 6) is -0.0639. The smallest absolute Gasteiger partial charge is 0.232 e. The summed E-state index contributed by atoms with van der Waals surface area (Å²) >= 11 is 0. The van der Waals surface area contributed by atoms with Gasteiger partial charge < -0.3 is 0 Å². The molecule has 0 saturated heterocycles. The lowest BCUT2D eigenvalue weighted by Gasteiger charge is -1.92. The van der Waals surface area contributed by atoms with Crippen molar-refractivity contribution in [2.75, 3.05) is 5.75 Å². The number of hydrogen-bond donors (Lipinski definition) is 0. The van der Waals surface area contributed by atoms with E-state index in [-0.39, 0.29) is 5.75 Å². The largest absolute Gasteiger partial charge is 0.276 e. The first-order chi connectivity index (χ1) is 5.47. The summed E-state index contributed by atoms with van der Waals surface area (Å²) in [5.41, 5.74) is 0.738. The summed E-state index contributed by atoms with van der Waals surface area (Å²) in [7, 11) is 3.41. The van der Waals surface area contributed by atoms with Gasteiger partial charge in [0.2, 0.25) is 9.05 Å². The molecule has 0 aliphatic carbocycles. The van der Waals surface area contributed by atoms with Crippen molar-refractivity contribution < 1.29 is 8.42 Å². The van der Waals surface area contributed by atoms with E-state index >= 15 is 0 Å². The molecule has 1 aromatic rings. The van der Waals surface area contributed by atoms with Crippen LogP contribution in [0.4, 0.5) is 0 Å². The second-order valence-corrected chi connectivity index (χ2v) is 5.37. The molecule has 0 N–H and O–H groups in total. The van der Waals surface area contributed by atoms with E-state index in [0.717, 1.165) is 5.69 Å². The highest BCUT2D eigenvalue weighted by Gasteiger charge is 2.06. The van der Waals surface area contributed by atoms with E-state index in [9.17, 15) is 8.42 Å². The second kappa shape index (κ2) is 3.45. The van der Waals surface area contributed by atoms with Crippen molar-refractivity contribution in [2.24, 2.45) is 7.05 Å². The zero-order valence-corrected chi connectivity index (χ0v) is 8.14. The van der Waals surface area contributed by atoms with E-state index in [4.69, 9.17) is 10.7 Å². The average Bonchev–Trinajstić information content (AvgIpc) is 2.30. The lowest BCUT2D eigenvalue weighted by molar-refractivity contribution is 0.608. The minimum absolute atomic E-state index is 0.0639. The highest BCUT2D eigenvalue weighted by atomic mass is 35.7. The molecule has 68 valence electrons. The Kier molecular flexibility index (Phi) is 2.74. The zero-order valence-electron chi connectivity index (χ0n) is 6.57. The van der Waals surface area contributed by atoms with E-state index in [1.807, 2.05) is 0 Å². The van der Waals surface area contributed by atoms with Crippen molar-refractivity contribution in [3.63, 3.8) is 0 Å². The van der Waals surface area contributed by atoms with E-state index in [0.29, 0.717) is 6.42 Å². The van der Waals surface area contributed by atoms with Crippen molar-refractivity contribution in [2.45, 2.75) is 6.42 Å². The van der Waals surface area contributed by atoms with Crippen LogP contribution in [0.15, 0.2) is 12.3 Å². The number of rotatable bonds is 3. The van der Waals surface area contributed by atoms with Gasteiger partial charge in [0.05, 0.1) is 11.4 Å². The highest BCUT2D eigenvalue weighted by molar-refractivity contribution is 8.13. The van der Waals surface area contributed by atoms with E-state index in [1.165, 1.54) is 0 Å². The summed E-state index contributed by atoms with van der Waals surface area (Å²) in [6.07, 6.45) is 2.13. The summed E-state index contributed by atoms with van der Waals surface area (Å²) in [5, 5.41) is 4.01. The van der Waals surface area contributed by atoms with E-state index in [2.05, 4.69) is 5.10 Å². The molecule has 0 atom stereocenters. The highest BCUT2D eigenvalue weighted by Crippen LogP contribution is 2.02. The lowest BCUT2D eigenvalue weighted by atomic mass is 10.3. The van der Waals surface area contributed by atoms with Crippen LogP contribution in [-0.4, -0.2) is 24.0 Å². The molecule has 0 spiro atoms. The molecule has 12 heavy (non-hydrogen) atoms. The Balaban J connectivity index is 2.55. The molecule has 1 aromatic heterocycles. The molecule has 0 fully saturated rings. The van der Waals surface area contributed by atoms with Crippen LogP contribution in [0.5, 0.6) is 0 Å². The standard InChI is InChI=1S/C6H9ClN2O2S/c1-9-4-2-6(8-9)3-5-12(7,10)11/h2,4H,3,5H2,1H3. The number of aromatic nitrogens is 2. The van der Waals surface area contributed by atoms with Crippen molar-refractivity contribution in [1.29, 1.82) is 0 Å².